The molecule has 2 amide bonds. The van der Waals surface area contributed by atoms with Crippen molar-refractivity contribution in [2.75, 3.05) is 5.32 Å². The Bertz CT molecular complexity index is 640. The first-order valence-corrected chi connectivity index (χ1v) is 6.05. The molecule has 8 heteroatoms. The van der Waals surface area contributed by atoms with Crippen LogP contribution in [0.1, 0.15) is 22.3 Å². The maximum atomic E-state index is 11.9. The van der Waals surface area contributed by atoms with Crippen LogP contribution in [0.15, 0.2) is 18.2 Å². The zero-order chi connectivity index (χ0) is 15.6. The molecule has 1 aliphatic heterocycles. The number of fused-ring (bicyclic) bond motifs is 1. The molecule has 0 radical (unpaired) electrons. The van der Waals surface area contributed by atoms with E-state index in [1.54, 1.807) is 6.07 Å². The van der Waals surface area contributed by atoms with Gasteiger partial charge in [0, 0.05) is 11.3 Å². The fourth-order valence-electron chi connectivity index (χ4n) is 1.97. The van der Waals surface area contributed by atoms with E-state index in [2.05, 4.69) is 10.6 Å². The first kappa shape index (κ1) is 14.5. The third-order valence-electron chi connectivity index (χ3n) is 2.98. The van der Waals surface area contributed by atoms with Crippen LogP contribution in [0.2, 0.25) is 0 Å². The van der Waals surface area contributed by atoms with Gasteiger partial charge in [-0.1, -0.05) is 6.07 Å². The lowest BCUT2D eigenvalue weighted by Crippen LogP contribution is -2.42. The summed E-state index contributed by atoms with van der Waals surface area (Å²) in [5.74, 6) is -3.66. The minimum atomic E-state index is -1.52. The molecule has 1 heterocycles. The molecule has 0 aromatic heterocycles. The standard InChI is InChI=1S/C13H12N2O6/c16-10-4-6-1-2-7(3-8(6)14-10)12(19)15-9(13(20)21)5-11(17)18/h1-3,9H,4-5H2,(H,14,16)(H,15,19)(H,17,18)(H,20,21). The number of anilines is 1. The number of carbonyl (C=O) groups is 4. The lowest BCUT2D eigenvalue weighted by Gasteiger charge is -2.12. The summed E-state index contributed by atoms with van der Waals surface area (Å²) in [7, 11) is 0. The van der Waals surface area contributed by atoms with Crippen molar-refractivity contribution >= 4 is 29.4 Å². The molecule has 0 spiro atoms. The highest BCUT2D eigenvalue weighted by Gasteiger charge is 2.25. The van der Waals surface area contributed by atoms with Crippen molar-refractivity contribution in [3.8, 4) is 0 Å². The number of carboxylic acid groups (broad SMARTS) is 2. The predicted octanol–water partition coefficient (Wildman–Crippen LogP) is -0.161. The van der Waals surface area contributed by atoms with E-state index < -0.39 is 30.3 Å². The minimum Gasteiger partial charge on any atom is -0.481 e. The van der Waals surface area contributed by atoms with E-state index in [1.807, 2.05) is 0 Å². The molecule has 1 aliphatic rings. The summed E-state index contributed by atoms with van der Waals surface area (Å²) in [6, 6.07) is 2.95. The summed E-state index contributed by atoms with van der Waals surface area (Å²) in [6.07, 6.45) is -0.489. The Balaban J connectivity index is 2.13. The number of amides is 2. The van der Waals surface area contributed by atoms with Crippen molar-refractivity contribution in [3.63, 3.8) is 0 Å². The van der Waals surface area contributed by atoms with Gasteiger partial charge >= 0.3 is 11.9 Å². The highest BCUT2D eigenvalue weighted by atomic mass is 16.4. The van der Waals surface area contributed by atoms with E-state index in [-0.39, 0.29) is 17.9 Å². The molecule has 21 heavy (non-hydrogen) atoms. The molecule has 8 nitrogen and oxygen atoms in total. The number of carboxylic acids is 2. The Morgan fingerprint density at radius 1 is 1.29 bits per heavy atom. The number of hydrogen-bond acceptors (Lipinski definition) is 4. The molecule has 0 saturated heterocycles. The van der Waals surface area contributed by atoms with Crippen molar-refractivity contribution in [1.82, 2.24) is 5.32 Å². The molecule has 1 unspecified atom stereocenters. The van der Waals surface area contributed by atoms with Crippen molar-refractivity contribution in [1.29, 1.82) is 0 Å². The quantitative estimate of drug-likeness (QED) is 0.596. The lowest BCUT2D eigenvalue weighted by atomic mass is 10.1. The number of carbonyl (C=O) groups excluding carboxylic acids is 2. The number of rotatable bonds is 5. The average Bonchev–Trinajstić information content (AvgIpc) is 2.76. The third kappa shape index (κ3) is 3.35. The Morgan fingerprint density at radius 3 is 2.62 bits per heavy atom. The van der Waals surface area contributed by atoms with Gasteiger partial charge in [-0.05, 0) is 17.7 Å². The number of hydrogen-bond donors (Lipinski definition) is 4. The molecule has 2 rings (SSSR count). The van der Waals surface area contributed by atoms with E-state index in [9.17, 15) is 19.2 Å². The van der Waals surface area contributed by atoms with Crippen LogP contribution in [0, 0.1) is 0 Å². The molecular formula is C13H12N2O6. The van der Waals surface area contributed by atoms with Crippen molar-refractivity contribution in [3.05, 3.63) is 29.3 Å². The normalized spacial score (nSPS) is 14.0. The fraction of sp³-hybridized carbons (Fsp3) is 0.231. The smallest absolute Gasteiger partial charge is 0.326 e. The summed E-state index contributed by atoms with van der Waals surface area (Å²) >= 11 is 0. The summed E-state index contributed by atoms with van der Waals surface area (Å²) in [5, 5.41) is 22.2. The van der Waals surface area contributed by atoms with Crippen LogP contribution in [0.3, 0.4) is 0 Å². The first-order valence-electron chi connectivity index (χ1n) is 6.05. The summed E-state index contributed by atoms with van der Waals surface area (Å²) in [6.45, 7) is 0. The molecule has 1 aromatic rings. The van der Waals surface area contributed by atoms with Gasteiger partial charge < -0.3 is 20.8 Å². The maximum absolute atomic E-state index is 11.9. The topological polar surface area (TPSA) is 133 Å². The van der Waals surface area contributed by atoms with E-state index >= 15 is 0 Å². The highest BCUT2D eigenvalue weighted by Crippen LogP contribution is 2.24. The highest BCUT2D eigenvalue weighted by molar-refractivity contribution is 6.03. The van der Waals surface area contributed by atoms with Crippen molar-refractivity contribution < 1.29 is 29.4 Å². The first-order chi connectivity index (χ1) is 9.86. The number of aliphatic carboxylic acids is 2. The molecule has 0 bridgehead atoms. The monoisotopic (exact) mass is 292 g/mol. The van der Waals surface area contributed by atoms with Gasteiger partial charge in [0.05, 0.1) is 12.8 Å². The van der Waals surface area contributed by atoms with Gasteiger partial charge in [0.1, 0.15) is 6.04 Å². The molecule has 1 atom stereocenters. The van der Waals surface area contributed by atoms with Crippen LogP contribution in [-0.2, 0) is 20.8 Å². The molecule has 0 aliphatic carbocycles. The van der Waals surface area contributed by atoms with Gasteiger partial charge in [0.15, 0.2) is 0 Å². The Morgan fingerprint density at radius 2 is 2.00 bits per heavy atom. The van der Waals surface area contributed by atoms with Gasteiger partial charge in [-0.15, -0.1) is 0 Å². The molecule has 0 fully saturated rings. The molecular weight excluding hydrogens is 280 g/mol. The summed E-state index contributed by atoms with van der Waals surface area (Å²) in [4.78, 5) is 44.6. The summed E-state index contributed by atoms with van der Waals surface area (Å²) in [5.41, 5.74) is 1.39. The third-order valence-corrected chi connectivity index (χ3v) is 2.98. The van der Waals surface area contributed by atoms with Crippen molar-refractivity contribution in [2.45, 2.75) is 18.9 Å². The number of nitrogens with one attached hydrogen (secondary N) is 2. The van der Waals surface area contributed by atoms with Gasteiger partial charge in [-0.2, -0.15) is 0 Å². The Hall–Kier alpha value is -2.90. The van der Waals surface area contributed by atoms with Crippen LogP contribution in [0.25, 0.3) is 0 Å². The fourth-order valence-corrected chi connectivity index (χ4v) is 1.97. The summed E-state index contributed by atoms with van der Waals surface area (Å²) < 4.78 is 0. The average molecular weight is 292 g/mol. The van der Waals surface area contributed by atoms with E-state index in [4.69, 9.17) is 10.2 Å². The van der Waals surface area contributed by atoms with Crippen LogP contribution in [0.4, 0.5) is 5.69 Å². The van der Waals surface area contributed by atoms with Crippen LogP contribution in [-0.4, -0.2) is 40.0 Å². The zero-order valence-corrected chi connectivity index (χ0v) is 10.8. The van der Waals surface area contributed by atoms with Crippen LogP contribution in [0.5, 0.6) is 0 Å². The second-order valence-corrected chi connectivity index (χ2v) is 4.56. The molecule has 110 valence electrons. The molecule has 4 N–H and O–H groups in total. The second-order valence-electron chi connectivity index (χ2n) is 4.56. The second kappa shape index (κ2) is 5.61. The number of benzene rings is 1. The molecule has 0 saturated carbocycles. The van der Waals surface area contributed by atoms with Crippen LogP contribution < -0.4 is 10.6 Å². The van der Waals surface area contributed by atoms with E-state index in [1.165, 1.54) is 12.1 Å². The Labute approximate surface area is 118 Å². The SMILES string of the molecule is O=C(O)CC(NC(=O)c1ccc2c(c1)NC(=O)C2)C(=O)O. The van der Waals surface area contributed by atoms with Crippen molar-refractivity contribution in [2.24, 2.45) is 0 Å². The zero-order valence-electron chi connectivity index (χ0n) is 10.8. The van der Waals surface area contributed by atoms with Gasteiger partial charge in [-0.25, -0.2) is 4.79 Å². The lowest BCUT2D eigenvalue weighted by molar-refractivity contribution is -0.145. The molecule has 1 aromatic carbocycles. The maximum Gasteiger partial charge on any atom is 0.326 e. The Kier molecular flexibility index (Phi) is 3.88. The van der Waals surface area contributed by atoms with Gasteiger partial charge in [0.2, 0.25) is 5.91 Å². The van der Waals surface area contributed by atoms with Crippen LogP contribution >= 0.6 is 0 Å². The van der Waals surface area contributed by atoms with Gasteiger partial charge in [0.25, 0.3) is 5.91 Å². The largest absolute Gasteiger partial charge is 0.481 e. The van der Waals surface area contributed by atoms with E-state index in [0.717, 1.165) is 5.56 Å². The van der Waals surface area contributed by atoms with E-state index in [0.29, 0.717) is 5.69 Å². The predicted molar refractivity (Wildman–Crippen MR) is 69.9 cm³/mol. The van der Waals surface area contributed by atoms with Gasteiger partial charge in [-0.3, -0.25) is 14.4 Å². The minimum absolute atomic E-state index is 0.146.